The van der Waals surface area contributed by atoms with E-state index in [2.05, 4.69) is 26.0 Å². The van der Waals surface area contributed by atoms with Crippen molar-refractivity contribution in [1.82, 2.24) is 25.2 Å². The maximum Gasteiger partial charge on any atom is 0.270 e. The molecule has 13 heteroatoms. The third kappa shape index (κ3) is 5.61. The van der Waals surface area contributed by atoms with E-state index in [0.717, 1.165) is 10.7 Å². The molecule has 1 unspecified atom stereocenters. The number of fused-ring (bicyclic) bond motifs is 2. The number of para-hydroxylation sites is 1. The molecule has 39 heavy (non-hydrogen) atoms. The Balaban J connectivity index is 1.34. The van der Waals surface area contributed by atoms with Gasteiger partial charge in [-0.05, 0) is 23.8 Å². The van der Waals surface area contributed by atoms with Gasteiger partial charge in [-0.1, -0.05) is 24.3 Å². The highest BCUT2D eigenvalue weighted by Crippen LogP contribution is 2.28. The summed E-state index contributed by atoms with van der Waals surface area (Å²) in [6, 6.07) is 12.8. The maximum atomic E-state index is 14.4. The Hall–Kier alpha value is -5.07. The molecule has 0 saturated carbocycles. The van der Waals surface area contributed by atoms with Crippen molar-refractivity contribution in [2.75, 3.05) is 11.9 Å². The zero-order chi connectivity index (χ0) is 27.5. The molecule has 3 heterocycles. The lowest BCUT2D eigenvalue weighted by Crippen LogP contribution is -2.29. The smallest absolute Gasteiger partial charge is 0.270 e. The lowest BCUT2D eigenvalue weighted by molar-refractivity contribution is -0.118. The van der Waals surface area contributed by atoms with Crippen LogP contribution >= 0.6 is 0 Å². The number of nitrogens with zero attached hydrogens (tertiary/aromatic N) is 3. The summed E-state index contributed by atoms with van der Waals surface area (Å²) in [5.74, 6) is -1.68. The standard InChI is InChI=1S/C26H22F2N6O5/c1-14(27)39-21-5-3-2-4-16(21)11-30-26(37)20-9-19(33-24-17(28)12-31-34(20)24)25(36)29-10-15-6-7-22-18(8-15)32-23(35)13-38-22/h2-9,12,14H,10-11,13H2,1H3,(H,29,36)(H,30,37)(H,32,35). The number of benzene rings is 2. The molecule has 1 aliphatic heterocycles. The fourth-order valence-corrected chi connectivity index (χ4v) is 3.93. The first-order valence-corrected chi connectivity index (χ1v) is 11.8. The Kier molecular flexibility index (Phi) is 7.04. The number of ether oxygens (including phenoxy) is 2. The van der Waals surface area contributed by atoms with Crippen LogP contribution in [0.25, 0.3) is 5.65 Å². The first kappa shape index (κ1) is 25.6. The van der Waals surface area contributed by atoms with Crippen LogP contribution in [0.1, 0.15) is 39.0 Å². The van der Waals surface area contributed by atoms with E-state index >= 15 is 0 Å². The summed E-state index contributed by atoms with van der Waals surface area (Å²) in [5.41, 5.74) is 0.988. The highest BCUT2D eigenvalue weighted by atomic mass is 19.1. The highest BCUT2D eigenvalue weighted by molar-refractivity contribution is 5.98. The monoisotopic (exact) mass is 536 g/mol. The second-order valence-electron chi connectivity index (χ2n) is 8.56. The van der Waals surface area contributed by atoms with Gasteiger partial charge in [0.25, 0.3) is 17.7 Å². The van der Waals surface area contributed by atoms with E-state index in [1.807, 2.05) is 0 Å². The van der Waals surface area contributed by atoms with Gasteiger partial charge in [-0.3, -0.25) is 14.4 Å². The first-order chi connectivity index (χ1) is 18.8. The van der Waals surface area contributed by atoms with Gasteiger partial charge in [0.2, 0.25) is 6.36 Å². The molecule has 4 aromatic rings. The molecule has 2 aromatic carbocycles. The van der Waals surface area contributed by atoms with Crippen LogP contribution in [0.5, 0.6) is 11.5 Å². The summed E-state index contributed by atoms with van der Waals surface area (Å²) in [7, 11) is 0. The number of hydrogen-bond donors (Lipinski definition) is 3. The summed E-state index contributed by atoms with van der Waals surface area (Å²) in [4.78, 5) is 41.6. The highest BCUT2D eigenvalue weighted by Gasteiger charge is 2.21. The Labute approximate surface area is 220 Å². The van der Waals surface area contributed by atoms with Gasteiger partial charge in [0, 0.05) is 31.6 Å². The van der Waals surface area contributed by atoms with Crippen LogP contribution in [0.2, 0.25) is 0 Å². The van der Waals surface area contributed by atoms with E-state index in [0.29, 0.717) is 22.6 Å². The van der Waals surface area contributed by atoms with Gasteiger partial charge in [-0.2, -0.15) is 5.10 Å². The Bertz CT molecular complexity index is 1590. The molecule has 5 rings (SSSR count). The van der Waals surface area contributed by atoms with Crippen LogP contribution in [0.4, 0.5) is 14.5 Å². The number of halogens is 2. The van der Waals surface area contributed by atoms with Crippen LogP contribution < -0.4 is 25.4 Å². The molecule has 0 spiro atoms. The average Bonchev–Trinajstić information content (AvgIpc) is 3.30. The molecule has 0 fully saturated rings. The van der Waals surface area contributed by atoms with E-state index in [1.54, 1.807) is 42.5 Å². The fourth-order valence-electron chi connectivity index (χ4n) is 3.93. The van der Waals surface area contributed by atoms with Gasteiger partial charge in [0.05, 0.1) is 11.9 Å². The predicted octanol–water partition coefficient (Wildman–Crippen LogP) is 2.75. The van der Waals surface area contributed by atoms with Crippen LogP contribution in [0.15, 0.2) is 54.7 Å². The summed E-state index contributed by atoms with van der Waals surface area (Å²) in [6.07, 6.45) is -0.668. The van der Waals surface area contributed by atoms with Crippen LogP contribution in [-0.2, 0) is 17.9 Å². The van der Waals surface area contributed by atoms with E-state index in [4.69, 9.17) is 9.47 Å². The van der Waals surface area contributed by atoms with Crippen molar-refractivity contribution < 1.29 is 32.6 Å². The largest absolute Gasteiger partial charge is 0.482 e. The summed E-state index contributed by atoms with van der Waals surface area (Å²) in [5, 5.41) is 11.9. The lowest BCUT2D eigenvalue weighted by Gasteiger charge is -2.18. The third-order valence-corrected chi connectivity index (χ3v) is 5.73. The quantitative estimate of drug-likeness (QED) is 0.315. The second kappa shape index (κ2) is 10.7. The topological polar surface area (TPSA) is 136 Å². The van der Waals surface area contributed by atoms with E-state index in [9.17, 15) is 23.2 Å². The van der Waals surface area contributed by atoms with Crippen molar-refractivity contribution in [1.29, 1.82) is 0 Å². The third-order valence-electron chi connectivity index (χ3n) is 5.73. The van der Waals surface area contributed by atoms with Crippen molar-refractivity contribution in [2.45, 2.75) is 26.4 Å². The van der Waals surface area contributed by atoms with E-state index < -0.39 is 24.0 Å². The minimum atomic E-state index is -1.55. The van der Waals surface area contributed by atoms with Gasteiger partial charge in [0.1, 0.15) is 22.9 Å². The molecule has 1 atom stereocenters. The predicted molar refractivity (Wildman–Crippen MR) is 133 cm³/mol. The minimum absolute atomic E-state index is 0.0323. The number of anilines is 1. The van der Waals surface area contributed by atoms with Crippen molar-refractivity contribution in [2.24, 2.45) is 0 Å². The molecule has 0 aliphatic carbocycles. The van der Waals surface area contributed by atoms with Gasteiger partial charge in [0.15, 0.2) is 18.1 Å². The molecule has 0 saturated heterocycles. The molecule has 2 aromatic heterocycles. The maximum absolute atomic E-state index is 14.4. The molecule has 200 valence electrons. The van der Waals surface area contributed by atoms with Crippen LogP contribution in [-0.4, -0.2) is 45.3 Å². The Morgan fingerprint density at radius 1 is 1.15 bits per heavy atom. The van der Waals surface area contributed by atoms with Gasteiger partial charge < -0.3 is 25.4 Å². The molecule has 0 bridgehead atoms. The van der Waals surface area contributed by atoms with Gasteiger partial charge in [-0.25, -0.2) is 18.3 Å². The summed E-state index contributed by atoms with van der Waals surface area (Å²) < 4.78 is 39.2. The number of rotatable bonds is 8. The van der Waals surface area contributed by atoms with Crippen molar-refractivity contribution in [3.8, 4) is 11.5 Å². The summed E-state index contributed by atoms with van der Waals surface area (Å²) >= 11 is 0. The molecule has 0 radical (unpaired) electrons. The summed E-state index contributed by atoms with van der Waals surface area (Å²) in [6.45, 7) is 1.19. The number of aromatic nitrogens is 3. The molecule has 3 N–H and O–H groups in total. The molecule has 1 aliphatic rings. The number of hydrogen-bond acceptors (Lipinski definition) is 7. The molecular weight excluding hydrogens is 514 g/mol. The van der Waals surface area contributed by atoms with E-state index in [1.165, 1.54) is 13.0 Å². The zero-order valence-corrected chi connectivity index (χ0v) is 20.5. The number of carbonyl (C=O) groups excluding carboxylic acids is 3. The normalized spacial score (nSPS) is 13.2. The average molecular weight is 536 g/mol. The van der Waals surface area contributed by atoms with Gasteiger partial charge >= 0.3 is 0 Å². The molecular formula is C26H22F2N6O5. The van der Waals surface area contributed by atoms with Crippen molar-refractivity contribution in [3.63, 3.8) is 0 Å². The number of carbonyl (C=O) groups is 3. The first-order valence-electron chi connectivity index (χ1n) is 11.8. The fraction of sp³-hybridized carbons (Fsp3) is 0.192. The SMILES string of the molecule is CC(F)Oc1ccccc1CNC(=O)c1cc(C(=O)NCc2ccc3c(c2)NC(=O)CO3)nc2c(F)cnn12. The van der Waals surface area contributed by atoms with Gasteiger partial charge in [-0.15, -0.1) is 0 Å². The number of amides is 3. The van der Waals surface area contributed by atoms with Crippen LogP contribution in [0.3, 0.4) is 0 Å². The number of nitrogens with one attached hydrogen (secondary N) is 3. The van der Waals surface area contributed by atoms with E-state index in [-0.39, 0.29) is 48.4 Å². The lowest BCUT2D eigenvalue weighted by atomic mass is 10.1. The number of alkyl halides is 1. The zero-order valence-electron chi connectivity index (χ0n) is 20.5. The Morgan fingerprint density at radius 2 is 1.95 bits per heavy atom. The minimum Gasteiger partial charge on any atom is -0.482 e. The van der Waals surface area contributed by atoms with Crippen LogP contribution in [0, 0.1) is 5.82 Å². The molecule has 3 amide bonds. The van der Waals surface area contributed by atoms with Crippen molar-refractivity contribution in [3.05, 3.63) is 83.1 Å². The Morgan fingerprint density at radius 3 is 2.77 bits per heavy atom. The molecule has 11 nitrogen and oxygen atoms in total. The van der Waals surface area contributed by atoms with Crippen molar-refractivity contribution >= 4 is 29.1 Å². The second-order valence-corrected chi connectivity index (χ2v) is 8.56.